The molecule has 1 aromatic carbocycles. The van der Waals surface area contributed by atoms with E-state index in [0.717, 1.165) is 11.3 Å². The van der Waals surface area contributed by atoms with Gasteiger partial charge in [0.2, 0.25) is 5.95 Å². The Morgan fingerprint density at radius 2 is 1.93 bits per heavy atom. The van der Waals surface area contributed by atoms with E-state index in [1.165, 1.54) is 7.11 Å². The highest BCUT2D eigenvalue weighted by Crippen LogP contribution is 2.30. The summed E-state index contributed by atoms with van der Waals surface area (Å²) in [5.74, 6) is 0.783. The van der Waals surface area contributed by atoms with Crippen LogP contribution in [0.4, 0.5) is 17.5 Å². The van der Waals surface area contributed by atoms with Crippen LogP contribution in [-0.4, -0.2) is 91.1 Å². The van der Waals surface area contributed by atoms with E-state index < -0.39 is 5.56 Å². The Morgan fingerprint density at radius 1 is 1.12 bits per heavy atom. The summed E-state index contributed by atoms with van der Waals surface area (Å²) in [5, 5.41) is 6.97. The van der Waals surface area contributed by atoms with E-state index >= 15 is 0 Å². The number of carbonyl (C=O) groups is 1. The van der Waals surface area contributed by atoms with Gasteiger partial charge in [0.1, 0.15) is 12.9 Å². The molecule has 0 atom stereocenters. The van der Waals surface area contributed by atoms with Crippen LogP contribution in [0.5, 0.6) is 0 Å². The molecule has 2 N–H and O–H groups in total. The quantitative estimate of drug-likeness (QED) is 0.306. The molecule has 1 amide bonds. The molecule has 41 heavy (non-hydrogen) atoms. The molecule has 1 aliphatic rings. The van der Waals surface area contributed by atoms with Gasteiger partial charge >= 0.3 is 0 Å². The Labute approximate surface area is 241 Å². The molecule has 4 heterocycles. The second kappa shape index (κ2) is 12.5. The maximum absolute atomic E-state index is 13.5. The number of rotatable bonds is 9. The van der Waals surface area contributed by atoms with Gasteiger partial charge in [-0.15, -0.1) is 4.73 Å². The number of nitrogens with one attached hydrogen (secondary N) is 2. The number of likely N-dealkylation sites (N-methyl/N-ethyl adjacent to an activating group) is 1. The largest absolute Gasteiger partial charge is 0.412 e. The van der Waals surface area contributed by atoms with E-state index in [-0.39, 0.29) is 11.5 Å². The number of benzene rings is 1. The number of morpholine rings is 1. The zero-order chi connectivity index (χ0) is 28.9. The first-order chi connectivity index (χ1) is 19.8. The van der Waals surface area contributed by atoms with Gasteiger partial charge in [-0.1, -0.05) is 11.6 Å². The normalized spacial score (nSPS) is 13.4. The Morgan fingerprint density at radius 3 is 2.68 bits per heavy atom. The number of amides is 1. The molecule has 1 aliphatic heterocycles. The summed E-state index contributed by atoms with van der Waals surface area (Å²) in [5.41, 5.74) is 1.50. The number of hydrogen-bond donors (Lipinski definition) is 2. The zero-order valence-electron chi connectivity index (χ0n) is 23.1. The van der Waals surface area contributed by atoms with Crippen molar-refractivity contribution in [2.24, 2.45) is 0 Å². The standard InChI is InChI=1S/C28H31ClN8O4/c1-35(2)9-8-31-28-32-17-19-14-22(27(39)37(40-3)25(19)34-28)21-16-20(4-5-23(21)29)33-26(38)18-6-7-30-24(15-18)36-10-12-41-13-11-36/h4-7,14-17H,8-13H2,1-3H3,(H,33,38)(H,31,32,34). The second-order valence-corrected chi connectivity index (χ2v) is 10.1. The molecular weight excluding hydrogens is 548 g/mol. The third-order valence-corrected chi connectivity index (χ3v) is 6.91. The molecule has 0 saturated carbocycles. The van der Waals surface area contributed by atoms with Crippen LogP contribution >= 0.6 is 11.6 Å². The van der Waals surface area contributed by atoms with Crippen molar-refractivity contribution in [1.29, 1.82) is 0 Å². The minimum Gasteiger partial charge on any atom is -0.412 e. The number of nitrogens with zero attached hydrogens (tertiary/aromatic N) is 6. The topological polar surface area (TPSA) is 127 Å². The predicted molar refractivity (Wildman–Crippen MR) is 159 cm³/mol. The highest BCUT2D eigenvalue weighted by molar-refractivity contribution is 6.33. The maximum atomic E-state index is 13.5. The highest BCUT2D eigenvalue weighted by Gasteiger charge is 2.18. The SMILES string of the molecule is COn1c(=O)c(-c2cc(NC(=O)c3ccnc(N4CCOCC4)c3)ccc2Cl)cc2cnc(NCCN(C)C)nc21. The molecule has 3 aromatic heterocycles. The van der Waals surface area contributed by atoms with Crippen LogP contribution in [0.2, 0.25) is 5.02 Å². The van der Waals surface area contributed by atoms with Crippen molar-refractivity contribution in [3.8, 4) is 11.1 Å². The summed E-state index contributed by atoms with van der Waals surface area (Å²) < 4.78 is 6.51. The third-order valence-electron chi connectivity index (χ3n) is 6.58. The van der Waals surface area contributed by atoms with Crippen molar-refractivity contribution in [2.75, 3.05) is 76.1 Å². The molecule has 0 spiro atoms. The van der Waals surface area contributed by atoms with Crippen LogP contribution in [0.15, 0.2) is 53.6 Å². The second-order valence-electron chi connectivity index (χ2n) is 9.69. The number of ether oxygens (including phenoxy) is 1. The van der Waals surface area contributed by atoms with Crippen molar-refractivity contribution in [3.05, 3.63) is 69.7 Å². The van der Waals surface area contributed by atoms with E-state index in [2.05, 4.69) is 30.5 Å². The van der Waals surface area contributed by atoms with Crippen molar-refractivity contribution in [3.63, 3.8) is 0 Å². The average Bonchev–Trinajstić information content (AvgIpc) is 2.98. The minimum absolute atomic E-state index is 0.274. The summed E-state index contributed by atoms with van der Waals surface area (Å²) in [6.07, 6.45) is 3.23. The van der Waals surface area contributed by atoms with Gasteiger partial charge in [0.15, 0.2) is 5.65 Å². The first-order valence-corrected chi connectivity index (χ1v) is 13.5. The van der Waals surface area contributed by atoms with Gasteiger partial charge < -0.3 is 30.0 Å². The highest BCUT2D eigenvalue weighted by atomic mass is 35.5. The third kappa shape index (κ3) is 6.40. The van der Waals surface area contributed by atoms with Gasteiger partial charge in [0.25, 0.3) is 11.5 Å². The van der Waals surface area contributed by atoms with Crippen molar-refractivity contribution < 1.29 is 14.4 Å². The number of fused-ring (bicyclic) bond motifs is 1. The lowest BCUT2D eigenvalue weighted by molar-refractivity contribution is 0.102. The van der Waals surface area contributed by atoms with Crippen LogP contribution in [0, 0.1) is 0 Å². The molecule has 0 unspecified atom stereocenters. The van der Waals surface area contributed by atoms with E-state index in [1.54, 1.807) is 48.8 Å². The first-order valence-electron chi connectivity index (χ1n) is 13.1. The zero-order valence-corrected chi connectivity index (χ0v) is 23.8. The van der Waals surface area contributed by atoms with E-state index in [4.69, 9.17) is 21.2 Å². The lowest BCUT2D eigenvalue weighted by atomic mass is 10.1. The summed E-state index contributed by atoms with van der Waals surface area (Å²) in [6, 6.07) is 10.0. The van der Waals surface area contributed by atoms with Gasteiger partial charge in [0.05, 0.1) is 18.8 Å². The Hall–Kier alpha value is -4.26. The molecule has 214 valence electrons. The molecule has 13 heteroatoms. The van der Waals surface area contributed by atoms with E-state index in [1.807, 2.05) is 19.0 Å². The molecule has 4 aromatic rings. The van der Waals surface area contributed by atoms with Crippen molar-refractivity contribution >= 4 is 46.0 Å². The lowest BCUT2D eigenvalue weighted by Gasteiger charge is -2.27. The molecule has 0 aliphatic carbocycles. The molecule has 0 radical (unpaired) electrons. The van der Waals surface area contributed by atoms with Gasteiger partial charge in [-0.2, -0.15) is 4.98 Å². The fourth-order valence-corrected chi connectivity index (χ4v) is 4.67. The van der Waals surface area contributed by atoms with Crippen LogP contribution < -0.4 is 25.9 Å². The fraction of sp³-hybridized carbons (Fsp3) is 0.321. The first kappa shape index (κ1) is 28.3. The van der Waals surface area contributed by atoms with Crippen LogP contribution in [0.3, 0.4) is 0 Å². The number of hydrogen-bond acceptors (Lipinski definition) is 10. The number of aromatic nitrogens is 4. The van der Waals surface area contributed by atoms with Crippen LogP contribution in [0.25, 0.3) is 22.2 Å². The predicted octanol–water partition coefficient (Wildman–Crippen LogP) is 2.63. The summed E-state index contributed by atoms with van der Waals surface area (Å²) in [7, 11) is 5.34. The molecule has 0 bridgehead atoms. The minimum atomic E-state index is -0.451. The van der Waals surface area contributed by atoms with Crippen molar-refractivity contribution in [1.82, 2.24) is 24.6 Å². The summed E-state index contributed by atoms with van der Waals surface area (Å²) in [6.45, 7) is 4.08. The van der Waals surface area contributed by atoms with Gasteiger partial charge in [-0.25, -0.2) is 9.97 Å². The van der Waals surface area contributed by atoms with Gasteiger partial charge in [0, 0.05) is 65.8 Å². The Balaban J connectivity index is 1.43. The number of pyridine rings is 2. The fourth-order valence-electron chi connectivity index (χ4n) is 4.45. The van der Waals surface area contributed by atoms with Gasteiger partial charge in [-0.05, 0) is 50.5 Å². The Kier molecular flexibility index (Phi) is 8.62. The van der Waals surface area contributed by atoms with Gasteiger partial charge in [-0.3, -0.25) is 9.59 Å². The lowest BCUT2D eigenvalue weighted by Crippen LogP contribution is -2.36. The number of carbonyl (C=O) groups excluding carboxylic acids is 1. The number of halogens is 1. The maximum Gasteiger partial charge on any atom is 0.293 e. The monoisotopic (exact) mass is 578 g/mol. The van der Waals surface area contributed by atoms with E-state index in [0.29, 0.717) is 77.5 Å². The van der Waals surface area contributed by atoms with E-state index in [9.17, 15) is 9.59 Å². The van der Waals surface area contributed by atoms with Crippen LogP contribution in [-0.2, 0) is 4.74 Å². The van der Waals surface area contributed by atoms with Crippen molar-refractivity contribution in [2.45, 2.75) is 0 Å². The molecule has 1 saturated heterocycles. The average molecular weight is 579 g/mol. The molecule has 5 rings (SSSR count). The summed E-state index contributed by atoms with van der Waals surface area (Å²) >= 11 is 6.55. The molecule has 1 fully saturated rings. The molecular formula is C28H31ClN8O4. The molecule has 12 nitrogen and oxygen atoms in total. The smallest absolute Gasteiger partial charge is 0.293 e. The summed E-state index contributed by atoms with van der Waals surface area (Å²) in [4.78, 5) is 49.4. The number of anilines is 3. The Bertz CT molecular complexity index is 1620. The van der Waals surface area contributed by atoms with Crippen LogP contribution in [0.1, 0.15) is 10.4 Å².